The lowest BCUT2D eigenvalue weighted by Gasteiger charge is -2.11. The molecule has 1 aromatic carbocycles. The van der Waals surface area contributed by atoms with Gasteiger partial charge in [-0.05, 0) is 11.2 Å². The van der Waals surface area contributed by atoms with Crippen LogP contribution in [0.1, 0.15) is 11.7 Å². The summed E-state index contributed by atoms with van der Waals surface area (Å²) in [5.74, 6) is -0.153. The summed E-state index contributed by atoms with van der Waals surface area (Å²) in [5.41, 5.74) is 1.35. The number of fused-ring (bicyclic) bond motifs is 1. The zero-order valence-corrected chi connectivity index (χ0v) is 7.64. The number of likely N-dealkylation sites (N-methyl/N-ethyl adjacent to an activating group) is 1. The summed E-state index contributed by atoms with van der Waals surface area (Å²) in [6.07, 6.45) is -0.615. The number of rotatable bonds is 1. The zero-order valence-electron chi connectivity index (χ0n) is 7.64. The molecule has 5 nitrogen and oxygen atoms in total. The maximum absolute atomic E-state index is 10.3. The van der Waals surface area contributed by atoms with Gasteiger partial charge >= 0.3 is 0 Å². The highest BCUT2D eigenvalue weighted by Crippen LogP contribution is 2.41. The first-order valence-corrected chi connectivity index (χ1v) is 4.23. The van der Waals surface area contributed by atoms with E-state index in [1.54, 1.807) is 0 Å². The Hall–Kier alpha value is -1.62. The van der Waals surface area contributed by atoms with Crippen molar-refractivity contribution in [1.82, 2.24) is 0 Å². The van der Waals surface area contributed by atoms with Crippen molar-refractivity contribution in [3.8, 4) is 5.75 Å². The SMILES string of the molecule is CN1CC(O)c2cc(N=O)c(O)cc21. The third-order valence-electron chi connectivity index (χ3n) is 2.44. The highest BCUT2D eigenvalue weighted by molar-refractivity contribution is 5.68. The average molecular weight is 194 g/mol. The minimum atomic E-state index is -0.615. The van der Waals surface area contributed by atoms with Gasteiger partial charge in [0, 0.05) is 30.9 Å². The van der Waals surface area contributed by atoms with Crippen LogP contribution in [0, 0.1) is 4.91 Å². The molecule has 0 saturated heterocycles. The number of β-amino-alcohol motifs (C(OH)–C–C–N with tert-alkyl or cyclic N) is 1. The molecule has 0 aromatic heterocycles. The minimum Gasteiger partial charge on any atom is -0.505 e. The lowest BCUT2D eigenvalue weighted by Crippen LogP contribution is -2.14. The first-order valence-electron chi connectivity index (χ1n) is 4.23. The van der Waals surface area contributed by atoms with Crippen LogP contribution >= 0.6 is 0 Å². The second kappa shape index (κ2) is 2.95. The fourth-order valence-corrected chi connectivity index (χ4v) is 1.71. The predicted octanol–water partition coefficient (Wildman–Crippen LogP) is 1.27. The van der Waals surface area contributed by atoms with Crippen LogP contribution in [-0.4, -0.2) is 23.8 Å². The van der Waals surface area contributed by atoms with E-state index in [1.165, 1.54) is 12.1 Å². The van der Waals surface area contributed by atoms with Gasteiger partial charge in [0.15, 0.2) is 0 Å². The van der Waals surface area contributed by atoms with Gasteiger partial charge < -0.3 is 15.1 Å². The number of hydrogen-bond acceptors (Lipinski definition) is 5. The van der Waals surface area contributed by atoms with Crippen LogP contribution in [0.15, 0.2) is 17.3 Å². The summed E-state index contributed by atoms with van der Waals surface area (Å²) in [5, 5.41) is 21.6. The van der Waals surface area contributed by atoms with Gasteiger partial charge in [-0.25, -0.2) is 0 Å². The molecule has 0 saturated carbocycles. The molecule has 0 fully saturated rings. The van der Waals surface area contributed by atoms with E-state index in [0.717, 1.165) is 5.69 Å². The van der Waals surface area contributed by atoms with E-state index in [0.29, 0.717) is 12.1 Å². The van der Waals surface area contributed by atoms with Crippen molar-refractivity contribution in [2.24, 2.45) is 5.18 Å². The standard InChI is InChI=1S/C9H10N2O3/c1-11-4-9(13)5-2-6(10-14)8(12)3-7(5)11/h2-3,9,12-13H,4H2,1H3. The summed E-state index contributed by atoms with van der Waals surface area (Å²) in [6, 6.07) is 2.87. The Kier molecular flexibility index (Phi) is 1.89. The van der Waals surface area contributed by atoms with Gasteiger partial charge in [0.25, 0.3) is 0 Å². The summed E-state index contributed by atoms with van der Waals surface area (Å²) in [7, 11) is 1.81. The van der Waals surface area contributed by atoms with E-state index in [9.17, 15) is 15.1 Å². The highest BCUT2D eigenvalue weighted by Gasteiger charge is 2.26. The Balaban J connectivity index is 2.59. The number of aliphatic hydroxyl groups excluding tert-OH is 1. The number of aliphatic hydroxyl groups is 1. The molecule has 74 valence electrons. The fourth-order valence-electron chi connectivity index (χ4n) is 1.71. The van der Waals surface area contributed by atoms with E-state index < -0.39 is 6.10 Å². The van der Waals surface area contributed by atoms with Crippen LogP contribution in [-0.2, 0) is 0 Å². The zero-order chi connectivity index (χ0) is 10.3. The molecule has 2 N–H and O–H groups in total. The first kappa shape index (κ1) is 8.96. The molecule has 0 amide bonds. The largest absolute Gasteiger partial charge is 0.505 e. The molecule has 1 atom stereocenters. The maximum Gasteiger partial charge on any atom is 0.150 e. The van der Waals surface area contributed by atoms with Gasteiger partial charge in [0.05, 0.1) is 6.10 Å². The van der Waals surface area contributed by atoms with Gasteiger partial charge in [-0.3, -0.25) is 0 Å². The van der Waals surface area contributed by atoms with E-state index in [2.05, 4.69) is 5.18 Å². The minimum absolute atomic E-state index is 0.0295. The number of hydrogen-bond donors (Lipinski definition) is 2. The summed E-state index contributed by atoms with van der Waals surface area (Å²) < 4.78 is 0. The van der Waals surface area contributed by atoms with Crippen molar-refractivity contribution in [1.29, 1.82) is 0 Å². The second-order valence-corrected chi connectivity index (χ2v) is 3.39. The van der Waals surface area contributed by atoms with E-state index in [-0.39, 0.29) is 11.4 Å². The van der Waals surface area contributed by atoms with Gasteiger partial charge in [-0.1, -0.05) is 0 Å². The molecule has 0 bridgehead atoms. The van der Waals surface area contributed by atoms with Crippen LogP contribution in [0.4, 0.5) is 11.4 Å². The van der Waals surface area contributed by atoms with Gasteiger partial charge in [0.1, 0.15) is 11.4 Å². The molecule has 5 heteroatoms. The molecule has 1 heterocycles. The van der Waals surface area contributed by atoms with Crippen LogP contribution in [0.3, 0.4) is 0 Å². The maximum atomic E-state index is 10.3. The number of nitrogens with zero attached hydrogens (tertiary/aromatic N) is 2. The summed E-state index contributed by atoms with van der Waals surface area (Å²) >= 11 is 0. The topological polar surface area (TPSA) is 73.1 Å². The molecule has 1 unspecified atom stereocenters. The molecule has 1 aliphatic rings. The quantitative estimate of drug-likeness (QED) is 0.660. The normalized spacial score (nSPS) is 19.6. The van der Waals surface area contributed by atoms with Crippen molar-refractivity contribution in [2.75, 3.05) is 18.5 Å². The van der Waals surface area contributed by atoms with Crippen LogP contribution in [0.25, 0.3) is 0 Å². The van der Waals surface area contributed by atoms with Gasteiger partial charge in [0.2, 0.25) is 0 Å². The summed E-state index contributed by atoms with van der Waals surface area (Å²) in [4.78, 5) is 12.1. The molecule has 0 aliphatic carbocycles. The Bertz CT molecular complexity index is 392. The number of nitroso groups, excluding NO2 is 1. The van der Waals surface area contributed by atoms with Crippen molar-refractivity contribution >= 4 is 11.4 Å². The number of anilines is 1. The fraction of sp³-hybridized carbons (Fsp3) is 0.333. The molecular formula is C9H10N2O3. The second-order valence-electron chi connectivity index (χ2n) is 3.39. The molecule has 14 heavy (non-hydrogen) atoms. The molecule has 0 radical (unpaired) electrons. The molecule has 1 aliphatic heterocycles. The Labute approximate surface area is 80.6 Å². The van der Waals surface area contributed by atoms with Crippen LogP contribution in [0.2, 0.25) is 0 Å². The number of phenols is 1. The number of phenolic OH excluding ortho intramolecular Hbond substituents is 1. The van der Waals surface area contributed by atoms with Crippen molar-refractivity contribution in [2.45, 2.75) is 6.10 Å². The average Bonchev–Trinajstić information content (AvgIpc) is 2.41. The summed E-state index contributed by atoms with van der Waals surface area (Å²) in [6.45, 7) is 0.469. The predicted molar refractivity (Wildman–Crippen MR) is 51.8 cm³/mol. The monoisotopic (exact) mass is 194 g/mol. The molecule has 1 aromatic rings. The van der Waals surface area contributed by atoms with Crippen molar-refractivity contribution in [3.05, 3.63) is 22.6 Å². The van der Waals surface area contributed by atoms with E-state index >= 15 is 0 Å². The highest BCUT2D eigenvalue weighted by atomic mass is 16.3. The lowest BCUT2D eigenvalue weighted by molar-refractivity contribution is 0.195. The van der Waals surface area contributed by atoms with Gasteiger partial charge in [-0.15, -0.1) is 4.91 Å². The Morgan fingerprint density at radius 1 is 1.57 bits per heavy atom. The van der Waals surface area contributed by atoms with Crippen molar-refractivity contribution < 1.29 is 10.2 Å². The van der Waals surface area contributed by atoms with E-state index in [4.69, 9.17) is 0 Å². The third-order valence-corrected chi connectivity index (χ3v) is 2.44. The third kappa shape index (κ3) is 1.13. The van der Waals surface area contributed by atoms with Gasteiger partial charge in [-0.2, -0.15) is 0 Å². The Morgan fingerprint density at radius 3 is 2.93 bits per heavy atom. The van der Waals surface area contributed by atoms with Crippen LogP contribution < -0.4 is 4.90 Å². The van der Waals surface area contributed by atoms with E-state index in [1.807, 2.05) is 11.9 Å². The molecule has 0 spiro atoms. The number of benzene rings is 1. The first-order chi connectivity index (χ1) is 6.63. The smallest absolute Gasteiger partial charge is 0.150 e. The van der Waals surface area contributed by atoms with Crippen molar-refractivity contribution in [3.63, 3.8) is 0 Å². The molecule has 2 rings (SSSR count). The lowest BCUT2D eigenvalue weighted by atomic mass is 10.1. The molecular weight excluding hydrogens is 184 g/mol. The Morgan fingerprint density at radius 2 is 2.29 bits per heavy atom. The van der Waals surface area contributed by atoms with Crippen LogP contribution in [0.5, 0.6) is 5.75 Å². The number of aromatic hydroxyl groups is 1.